The standard InChI is InChI=1S/2C10H9NO2.C6H6/c2*1-2-11-9(12)7-5-3-4-6-8(7)10(11)13;1-2-4-6-5-3-1/h2*3-6H,2H2,1H3;1-6H. The third-order valence-electron chi connectivity index (χ3n) is 5.06. The van der Waals surface area contributed by atoms with Crippen LogP contribution in [0.25, 0.3) is 0 Å². The van der Waals surface area contributed by atoms with Gasteiger partial charge in [0.05, 0.1) is 22.3 Å². The molecule has 5 rings (SSSR count). The molecule has 0 atom stereocenters. The minimum absolute atomic E-state index is 0.178. The van der Waals surface area contributed by atoms with Crippen molar-refractivity contribution in [2.75, 3.05) is 13.1 Å². The van der Waals surface area contributed by atoms with Crippen LogP contribution >= 0.6 is 0 Å². The normalized spacial score (nSPS) is 13.7. The molecular weight excluding hydrogens is 404 g/mol. The number of hydrogen-bond donors (Lipinski definition) is 0. The van der Waals surface area contributed by atoms with Crippen LogP contribution in [-0.2, 0) is 0 Å². The highest BCUT2D eigenvalue weighted by Gasteiger charge is 2.34. The predicted molar refractivity (Wildman–Crippen MR) is 121 cm³/mol. The van der Waals surface area contributed by atoms with E-state index in [9.17, 15) is 19.2 Å². The smallest absolute Gasteiger partial charge is 0.261 e. The van der Waals surface area contributed by atoms with Crippen molar-refractivity contribution in [3.8, 4) is 0 Å². The fourth-order valence-corrected chi connectivity index (χ4v) is 3.44. The average Bonchev–Trinajstić information content (AvgIpc) is 3.25. The van der Waals surface area contributed by atoms with Gasteiger partial charge in [-0.3, -0.25) is 29.0 Å². The van der Waals surface area contributed by atoms with Crippen LogP contribution in [0.2, 0.25) is 0 Å². The molecule has 4 amide bonds. The second-order valence-electron chi connectivity index (χ2n) is 6.95. The van der Waals surface area contributed by atoms with Crippen LogP contribution in [0.5, 0.6) is 0 Å². The van der Waals surface area contributed by atoms with Crippen LogP contribution in [0.1, 0.15) is 55.3 Å². The number of rotatable bonds is 2. The first-order valence-corrected chi connectivity index (χ1v) is 10.4. The zero-order valence-electron chi connectivity index (χ0n) is 18.0. The van der Waals surface area contributed by atoms with Crippen LogP contribution in [0, 0.1) is 0 Å². The Morgan fingerprint density at radius 2 is 0.656 bits per heavy atom. The molecule has 2 aliphatic rings. The molecule has 2 aliphatic heterocycles. The maximum absolute atomic E-state index is 11.5. The van der Waals surface area contributed by atoms with Crippen LogP contribution in [0.4, 0.5) is 0 Å². The van der Waals surface area contributed by atoms with Crippen molar-refractivity contribution in [2.45, 2.75) is 13.8 Å². The van der Waals surface area contributed by atoms with Crippen LogP contribution in [0.3, 0.4) is 0 Å². The molecule has 162 valence electrons. The van der Waals surface area contributed by atoms with Gasteiger partial charge in [0.2, 0.25) is 0 Å². The third kappa shape index (κ3) is 4.49. The molecule has 0 radical (unpaired) electrons. The van der Waals surface area contributed by atoms with E-state index in [0.29, 0.717) is 35.3 Å². The number of nitrogens with zero attached hydrogens (tertiary/aromatic N) is 2. The predicted octanol–water partition coefficient (Wildman–Crippen LogP) is 4.29. The lowest BCUT2D eigenvalue weighted by atomic mass is 10.1. The lowest BCUT2D eigenvalue weighted by Gasteiger charge is -2.08. The summed E-state index contributed by atoms with van der Waals surface area (Å²) in [4.78, 5) is 48.7. The van der Waals surface area contributed by atoms with Crippen molar-refractivity contribution in [3.63, 3.8) is 0 Å². The third-order valence-corrected chi connectivity index (χ3v) is 5.06. The minimum atomic E-state index is -0.178. The van der Waals surface area contributed by atoms with E-state index in [1.165, 1.54) is 9.80 Å². The maximum atomic E-state index is 11.5. The summed E-state index contributed by atoms with van der Waals surface area (Å²) < 4.78 is 0. The number of hydrogen-bond acceptors (Lipinski definition) is 4. The molecule has 0 unspecified atom stereocenters. The summed E-state index contributed by atoms with van der Waals surface area (Å²) in [5.41, 5.74) is 2.09. The molecule has 6 nitrogen and oxygen atoms in total. The summed E-state index contributed by atoms with van der Waals surface area (Å²) in [5, 5.41) is 0. The zero-order chi connectivity index (χ0) is 23.1. The molecule has 0 fully saturated rings. The first kappa shape index (κ1) is 22.6. The molecule has 0 spiro atoms. The Morgan fingerprint density at radius 1 is 0.438 bits per heavy atom. The first-order valence-electron chi connectivity index (χ1n) is 10.4. The monoisotopic (exact) mass is 428 g/mol. The Morgan fingerprint density at radius 3 is 0.844 bits per heavy atom. The van der Waals surface area contributed by atoms with Crippen molar-refractivity contribution in [2.24, 2.45) is 0 Å². The van der Waals surface area contributed by atoms with E-state index in [2.05, 4.69) is 0 Å². The average molecular weight is 428 g/mol. The lowest BCUT2D eigenvalue weighted by molar-refractivity contribution is 0.0647. The summed E-state index contributed by atoms with van der Waals surface area (Å²) in [6.07, 6.45) is 0. The number of carbonyl (C=O) groups is 4. The number of carbonyl (C=O) groups excluding carboxylic acids is 4. The highest BCUT2D eigenvalue weighted by atomic mass is 16.2. The highest BCUT2D eigenvalue weighted by molar-refractivity contribution is 6.22. The summed E-state index contributed by atoms with van der Waals surface area (Å²) in [6, 6.07) is 25.8. The van der Waals surface area contributed by atoms with Crippen molar-refractivity contribution in [3.05, 3.63) is 107 Å². The number of fused-ring (bicyclic) bond motifs is 2. The van der Waals surface area contributed by atoms with E-state index in [1.807, 2.05) is 36.4 Å². The Labute approximate surface area is 187 Å². The van der Waals surface area contributed by atoms with Gasteiger partial charge < -0.3 is 0 Å². The topological polar surface area (TPSA) is 74.8 Å². The molecular formula is C26H24N2O4. The van der Waals surface area contributed by atoms with Gasteiger partial charge in [-0.1, -0.05) is 60.7 Å². The van der Waals surface area contributed by atoms with Crippen molar-refractivity contribution in [1.82, 2.24) is 9.80 Å². The van der Waals surface area contributed by atoms with Crippen LogP contribution in [-0.4, -0.2) is 46.5 Å². The molecule has 2 heterocycles. The number of imide groups is 2. The van der Waals surface area contributed by atoms with Gasteiger partial charge in [0, 0.05) is 13.1 Å². The summed E-state index contributed by atoms with van der Waals surface area (Å²) >= 11 is 0. The maximum Gasteiger partial charge on any atom is 0.261 e. The van der Waals surface area contributed by atoms with Gasteiger partial charge in [0.15, 0.2) is 0 Å². The molecule has 0 aromatic heterocycles. The van der Waals surface area contributed by atoms with E-state index < -0.39 is 0 Å². The van der Waals surface area contributed by atoms with E-state index in [4.69, 9.17) is 0 Å². The fraction of sp³-hybridized carbons (Fsp3) is 0.154. The molecule has 0 bridgehead atoms. The molecule has 3 aromatic rings. The first-order chi connectivity index (χ1) is 15.5. The molecule has 0 aliphatic carbocycles. The van der Waals surface area contributed by atoms with E-state index in [1.54, 1.807) is 62.4 Å². The molecule has 0 N–H and O–H groups in total. The highest BCUT2D eigenvalue weighted by Crippen LogP contribution is 2.22. The second-order valence-corrected chi connectivity index (χ2v) is 6.95. The Balaban J connectivity index is 0.000000145. The van der Waals surface area contributed by atoms with Gasteiger partial charge in [-0.15, -0.1) is 0 Å². The molecule has 0 saturated carbocycles. The van der Waals surface area contributed by atoms with E-state index in [-0.39, 0.29) is 23.6 Å². The second kappa shape index (κ2) is 10.3. The quantitative estimate of drug-likeness (QED) is 0.571. The van der Waals surface area contributed by atoms with Crippen molar-refractivity contribution < 1.29 is 19.2 Å². The van der Waals surface area contributed by atoms with Gasteiger partial charge in [-0.2, -0.15) is 0 Å². The molecule has 3 aromatic carbocycles. The summed E-state index contributed by atoms with van der Waals surface area (Å²) in [5.74, 6) is -0.711. The van der Waals surface area contributed by atoms with Crippen molar-refractivity contribution in [1.29, 1.82) is 0 Å². The van der Waals surface area contributed by atoms with Gasteiger partial charge in [0.25, 0.3) is 23.6 Å². The van der Waals surface area contributed by atoms with Gasteiger partial charge in [-0.05, 0) is 38.1 Å². The zero-order valence-corrected chi connectivity index (χ0v) is 18.0. The Kier molecular flexibility index (Phi) is 7.29. The largest absolute Gasteiger partial charge is 0.275 e. The summed E-state index contributed by atoms with van der Waals surface area (Å²) in [7, 11) is 0. The number of benzene rings is 3. The Hall–Kier alpha value is -4.06. The molecule has 6 heteroatoms. The SMILES string of the molecule is CCN1C(=O)c2ccccc2C1=O.CCN1C(=O)c2ccccc2C1=O.c1ccccc1. The summed E-state index contributed by atoms with van der Waals surface area (Å²) in [6.45, 7) is 4.46. The van der Waals surface area contributed by atoms with E-state index >= 15 is 0 Å². The van der Waals surface area contributed by atoms with Crippen LogP contribution in [0.15, 0.2) is 84.9 Å². The fourth-order valence-electron chi connectivity index (χ4n) is 3.44. The number of amides is 4. The van der Waals surface area contributed by atoms with Gasteiger partial charge in [-0.25, -0.2) is 0 Å². The lowest BCUT2D eigenvalue weighted by Crippen LogP contribution is -2.29. The van der Waals surface area contributed by atoms with Crippen LogP contribution < -0.4 is 0 Å². The van der Waals surface area contributed by atoms with Gasteiger partial charge in [0.1, 0.15) is 0 Å². The van der Waals surface area contributed by atoms with Gasteiger partial charge >= 0.3 is 0 Å². The Bertz CT molecular complexity index is 969. The van der Waals surface area contributed by atoms with E-state index in [0.717, 1.165) is 0 Å². The molecule has 32 heavy (non-hydrogen) atoms. The van der Waals surface area contributed by atoms with Crippen molar-refractivity contribution >= 4 is 23.6 Å². The molecule has 0 saturated heterocycles. The minimum Gasteiger partial charge on any atom is -0.275 e.